The van der Waals surface area contributed by atoms with Crippen molar-refractivity contribution in [2.75, 3.05) is 6.61 Å². The Hall–Kier alpha value is -1.35. The van der Waals surface area contributed by atoms with Crippen molar-refractivity contribution < 1.29 is 9.53 Å². The zero-order chi connectivity index (χ0) is 14.0. The van der Waals surface area contributed by atoms with E-state index in [2.05, 4.69) is 36.5 Å². The SMILES string of the molecule is CC1CCC2(CC1)N[C@H](Cc1ccccc1)COC2=O. The molecule has 0 amide bonds. The number of carbonyl (C=O) groups is 1. The number of hydrogen-bond donors (Lipinski definition) is 1. The minimum Gasteiger partial charge on any atom is -0.463 e. The molecule has 1 atom stereocenters. The molecule has 1 aromatic carbocycles. The van der Waals surface area contributed by atoms with Gasteiger partial charge in [0.05, 0.1) is 0 Å². The fourth-order valence-electron chi connectivity index (χ4n) is 3.42. The minimum absolute atomic E-state index is 0.0336. The van der Waals surface area contributed by atoms with Crippen molar-refractivity contribution in [3.8, 4) is 0 Å². The normalized spacial score (nSPS) is 34.0. The third-order valence-corrected chi connectivity index (χ3v) is 4.74. The first-order valence-electron chi connectivity index (χ1n) is 7.67. The average molecular weight is 273 g/mol. The summed E-state index contributed by atoms with van der Waals surface area (Å²) >= 11 is 0. The number of rotatable bonds is 2. The third-order valence-electron chi connectivity index (χ3n) is 4.74. The molecule has 0 radical (unpaired) electrons. The first kappa shape index (κ1) is 13.6. The lowest BCUT2D eigenvalue weighted by molar-refractivity contribution is -0.161. The number of carbonyl (C=O) groups excluding carboxylic acids is 1. The van der Waals surface area contributed by atoms with Crippen molar-refractivity contribution >= 4 is 5.97 Å². The number of benzene rings is 1. The Bertz CT molecular complexity index is 463. The van der Waals surface area contributed by atoms with Gasteiger partial charge in [0.1, 0.15) is 12.1 Å². The van der Waals surface area contributed by atoms with Gasteiger partial charge in [-0.2, -0.15) is 0 Å². The molecule has 1 aliphatic heterocycles. The minimum atomic E-state index is -0.412. The molecule has 3 heteroatoms. The molecule has 1 aromatic rings. The van der Waals surface area contributed by atoms with Crippen molar-refractivity contribution in [2.45, 2.75) is 50.6 Å². The molecule has 0 unspecified atom stereocenters. The molecule has 0 bridgehead atoms. The van der Waals surface area contributed by atoms with Crippen LogP contribution in [0.4, 0.5) is 0 Å². The topological polar surface area (TPSA) is 38.3 Å². The third kappa shape index (κ3) is 2.73. The predicted octanol–water partition coefficient (Wildman–Crippen LogP) is 2.69. The molecule has 1 saturated carbocycles. The van der Waals surface area contributed by atoms with Crippen molar-refractivity contribution in [3.05, 3.63) is 35.9 Å². The van der Waals surface area contributed by atoms with Crippen molar-refractivity contribution in [1.82, 2.24) is 5.32 Å². The van der Waals surface area contributed by atoms with Gasteiger partial charge in [0.25, 0.3) is 0 Å². The maximum absolute atomic E-state index is 12.2. The van der Waals surface area contributed by atoms with Crippen molar-refractivity contribution in [3.63, 3.8) is 0 Å². The zero-order valence-electron chi connectivity index (χ0n) is 12.1. The summed E-state index contributed by atoms with van der Waals surface area (Å²) in [5.74, 6) is 0.693. The summed E-state index contributed by atoms with van der Waals surface area (Å²) in [5.41, 5.74) is 0.881. The molecule has 108 valence electrons. The lowest BCUT2D eigenvalue weighted by atomic mass is 9.76. The highest BCUT2D eigenvalue weighted by molar-refractivity contribution is 5.81. The van der Waals surface area contributed by atoms with E-state index in [0.29, 0.717) is 6.61 Å². The van der Waals surface area contributed by atoms with E-state index in [4.69, 9.17) is 4.74 Å². The standard InChI is InChI=1S/C17H23NO2/c1-13-7-9-17(10-8-13)16(19)20-12-15(18-17)11-14-5-3-2-4-6-14/h2-6,13,15,18H,7-12H2,1H3/t13?,15-,17?/m1/s1. The van der Waals surface area contributed by atoms with Gasteiger partial charge in [-0.25, -0.2) is 0 Å². The van der Waals surface area contributed by atoms with Gasteiger partial charge >= 0.3 is 5.97 Å². The summed E-state index contributed by atoms with van der Waals surface area (Å²) in [4.78, 5) is 12.2. The lowest BCUT2D eigenvalue weighted by Crippen LogP contribution is -2.63. The predicted molar refractivity (Wildman–Crippen MR) is 78.4 cm³/mol. The molecule has 3 rings (SSSR count). The number of nitrogens with one attached hydrogen (secondary N) is 1. The fourth-order valence-corrected chi connectivity index (χ4v) is 3.42. The average Bonchev–Trinajstić information content (AvgIpc) is 2.47. The summed E-state index contributed by atoms with van der Waals surface area (Å²) in [6.45, 7) is 2.76. The summed E-state index contributed by atoms with van der Waals surface area (Å²) in [6.07, 6.45) is 4.97. The second kappa shape index (κ2) is 5.57. The number of cyclic esters (lactones) is 1. The molecule has 0 aromatic heterocycles. The van der Waals surface area contributed by atoms with Crippen LogP contribution in [0.3, 0.4) is 0 Å². The monoisotopic (exact) mass is 273 g/mol. The van der Waals surface area contributed by atoms with E-state index in [1.807, 2.05) is 6.07 Å². The van der Waals surface area contributed by atoms with Crippen LogP contribution in [0.25, 0.3) is 0 Å². The second-order valence-electron chi connectivity index (χ2n) is 6.39. The summed E-state index contributed by atoms with van der Waals surface area (Å²) in [6, 6.07) is 10.6. The molecule has 3 nitrogen and oxygen atoms in total. The van der Waals surface area contributed by atoms with Crippen LogP contribution in [0.2, 0.25) is 0 Å². The van der Waals surface area contributed by atoms with Gasteiger partial charge in [0.15, 0.2) is 0 Å². The molecule has 2 fully saturated rings. The van der Waals surface area contributed by atoms with Crippen molar-refractivity contribution in [2.24, 2.45) is 5.92 Å². The molecule has 1 aliphatic carbocycles. The van der Waals surface area contributed by atoms with E-state index in [9.17, 15) is 4.79 Å². The summed E-state index contributed by atoms with van der Waals surface area (Å²) in [7, 11) is 0. The number of morpholine rings is 1. The first-order valence-corrected chi connectivity index (χ1v) is 7.67. The summed E-state index contributed by atoms with van der Waals surface area (Å²) in [5, 5.41) is 3.61. The van der Waals surface area contributed by atoms with Crippen LogP contribution in [0.5, 0.6) is 0 Å². The Labute approximate surface area is 120 Å². The van der Waals surface area contributed by atoms with Gasteiger partial charge in [0, 0.05) is 6.04 Å². The van der Waals surface area contributed by atoms with Crippen LogP contribution in [0.1, 0.15) is 38.2 Å². The van der Waals surface area contributed by atoms with Gasteiger partial charge in [-0.3, -0.25) is 10.1 Å². The van der Waals surface area contributed by atoms with Crippen LogP contribution < -0.4 is 5.32 Å². The van der Waals surface area contributed by atoms with E-state index in [0.717, 1.165) is 38.0 Å². The van der Waals surface area contributed by atoms with E-state index in [1.54, 1.807) is 0 Å². The maximum atomic E-state index is 12.2. The zero-order valence-corrected chi connectivity index (χ0v) is 12.1. The highest BCUT2D eigenvalue weighted by Crippen LogP contribution is 2.35. The molecule has 1 heterocycles. The lowest BCUT2D eigenvalue weighted by Gasteiger charge is -2.44. The maximum Gasteiger partial charge on any atom is 0.326 e. The Balaban J connectivity index is 1.68. The van der Waals surface area contributed by atoms with Crippen LogP contribution >= 0.6 is 0 Å². The molecule has 1 N–H and O–H groups in total. The first-order chi connectivity index (χ1) is 9.68. The quantitative estimate of drug-likeness (QED) is 0.842. The Kier molecular flexibility index (Phi) is 3.79. The smallest absolute Gasteiger partial charge is 0.326 e. The van der Waals surface area contributed by atoms with E-state index in [-0.39, 0.29) is 12.0 Å². The summed E-state index contributed by atoms with van der Waals surface area (Å²) < 4.78 is 5.49. The van der Waals surface area contributed by atoms with E-state index < -0.39 is 5.54 Å². The van der Waals surface area contributed by atoms with Crippen molar-refractivity contribution in [1.29, 1.82) is 0 Å². The number of hydrogen-bond acceptors (Lipinski definition) is 3. The fraction of sp³-hybridized carbons (Fsp3) is 0.588. The Morgan fingerprint density at radius 1 is 1.25 bits per heavy atom. The highest BCUT2D eigenvalue weighted by atomic mass is 16.5. The molecule has 2 aliphatic rings. The van der Waals surface area contributed by atoms with Crippen LogP contribution in [0.15, 0.2) is 30.3 Å². The van der Waals surface area contributed by atoms with Gasteiger partial charge in [-0.05, 0) is 43.6 Å². The molecule has 20 heavy (non-hydrogen) atoms. The largest absolute Gasteiger partial charge is 0.463 e. The Morgan fingerprint density at radius 3 is 2.65 bits per heavy atom. The van der Waals surface area contributed by atoms with E-state index in [1.165, 1.54) is 5.56 Å². The second-order valence-corrected chi connectivity index (χ2v) is 6.39. The number of esters is 1. The van der Waals surface area contributed by atoms with Crippen LogP contribution in [0, 0.1) is 5.92 Å². The molecule has 1 saturated heterocycles. The van der Waals surface area contributed by atoms with Gasteiger partial charge in [-0.15, -0.1) is 0 Å². The Morgan fingerprint density at radius 2 is 1.95 bits per heavy atom. The van der Waals surface area contributed by atoms with Crippen LogP contribution in [-0.2, 0) is 16.0 Å². The molecular weight excluding hydrogens is 250 g/mol. The van der Waals surface area contributed by atoms with Gasteiger partial charge in [-0.1, -0.05) is 37.3 Å². The van der Waals surface area contributed by atoms with Crippen LogP contribution in [-0.4, -0.2) is 24.2 Å². The van der Waals surface area contributed by atoms with Gasteiger partial charge in [0.2, 0.25) is 0 Å². The van der Waals surface area contributed by atoms with Gasteiger partial charge < -0.3 is 4.74 Å². The molecular formula is C17H23NO2. The number of ether oxygens (including phenoxy) is 1. The van der Waals surface area contributed by atoms with E-state index >= 15 is 0 Å². The molecule has 1 spiro atoms. The highest BCUT2D eigenvalue weighted by Gasteiger charge is 2.46.